The number of amides is 1. The maximum absolute atomic E-state index is 12.6. The van der Waals surface area contributed by atoms with Crippen LogP contribution in [-0.4, -0.2) is 51.5 Å². The number of ether oxygens (including phenoxy) is 2. The van der Waals surface area contributed by atoms with Crippen LogP contribution in [0.25, 0.3) is 0 Å². The summed E-state index contributed by atoms with van der Waals surface area (Å²) >= 11 is 0. The summed E-state index contributed by atoms with van der Waals surface area (Å²) in [6.45, 7) is -1.24. The first-order valence-corrected chi connectivity index (χ1v) is 10.8. The SMILES string of the molecule is O=C(Cc1ccc(OC(F)F)cc1)NCc1ccc(S(=O)(=O)N2CCOCC2)cc1. The fraction of sp³-hybridized carbons (Fsp3) is 0.350. The van der Waals surface area contributed by atoms with Crippen LogP contribution in [0.5, 0.6) is 5.75 Å². The molecule has 2 aromatic carbocycles. The van der Waals surface area contributed by atoms with Crippen LogP contribution in [0, 0.1) is 0 Å². The largest absolute Gasteiger partial charge is 0.435 e. The number of carbonyl (C=O) groups is 1. The highest BCUT2D eigenvalue weighted by molar-refractivity contribution is 7.89. The average Bonchev–Trinajstić information content (AvgIpc) is 2.74. The molecule has 10 heteroatoms. The first-order valence-electron chi connectivity index (χ1n) is 9.32. The number of sulfonamides is 1. The number of morpholine rings is 1. The number of alkyl halides is 2. The molecule has 162 valence electrons. The molecule has 0 unspecified atom stereocenters. The van der Waals surface area contributed by atoms with Gasteiger partial charge in [0.25, 0.3) is 0 Å². The lowest BCUT2D eigenvalue weighted by Crippen LogP contribution is -2.40. The van der Waals surface area contributed by atoms with E-state index in [9.17, 15) is 22.0 Å². The second-order valence-electron chi connectivity index (χ2n) is 6.64. The zero-order valence-electron chi connectivity index (χ0n) is 16.1. The monoisotopic (exact) mass is 440 g/mol. The Morgan fingerprint density at radius 3 is 2.23 bits per heavy atom. The van der Waals surface area contributed by atoms with Gasteiger partial charge in [-0.2, -0.15) is 13.1 Å². The fourth-order valence-corrected chi connectivity index (χ4v) is 4.36. The number of hydrogen-bond donors (Lipinski definition) is 1. The average molecular weight is 440 g/mol. The van der Waals surface area contributed by atoms with Crippen molar-refractivity contribution in [3.63, 3.8) is 0 Å². The van der Waals surface area contributed by atoms with Crippen LogP contribution in [0.15, 0.2) is 53.4 Å². The summed E-state index contributed by atoms with van der Waals surface area (Å²) < 4.78 is 60.3. The zero-order chi connectivity index (χ0) is 21.6. The van der Waals surface area contributed by atoms with Crippen molar-refractivity contribution in [2.24, 2.45) is 0 Å². The van der Waals surface area contributed by atoms with Crippen LogP contribution in [0.2, 0.25) is 0 Å². The highest BCUT2D eigenvalue weighted by atomic mass is 32.2. The Balaban J connectivity index is 1.51. The predicted octanol–water partition coefficient (Wildman–Crippen LogP) is 2.17. The molecule has 0 atom stereocenters. The summed E-state index contributed by atoms with van der Waals surface area (Å²) in [5.74, 6) is -0.219. The van der Waals surface area contributed by atoms with Crippen molar-refractivity contribution in [2.45, 2.75) is 24.5 Å². The van der Waals surface area contributed by atoms with Gasteiger partial charge in [-0.3, -0.25) is 4.79 Å². The molecule has 1 aliphatic rings. The molecular weight excluding hydrogens is 418 g/mol. The number of hydrogen-bond acceptors (Lipinski definition) is 5. The number of halogens is 2. The van der Waals surface area contributed by atoms with Gasteiger partial charge in [-0.25, -0.2) is 8.42 Å². The lowest BCUT2D eigenvalue weighted by molar-refractivity contribution is -0.120. The van der Waals surface area contributed by atoms with Gasteiger partial charge in [-0.1, -0.05) is 24.3 Å². The number of benzene rings is 2. The molecule has 1 heterocycles. The van der Waals surface area contributed by atoms with E-state index >= 15 is 0 Å². The Labute approximate surface area is 173 Å². The number of nitrogens with zero attached hydrogens (tertiary/aromatic N) is 1. The first kappa shape index (κ1) is 22.1. The molecule has 1 amide bonds. The molecule has 30 heavy (non-hydrogen) atoms. The van der Waals surface area contributed by atoms with Gasteiger partial charge < -0.3 is 14.8 Å². The number of carbonyl (C=O) groups excluding carboxylic acids is 1. The van der Waals surface area contributed by atoms with Crippen LogP contribution in [-0.2, 0) is 32.5 Å². The molecule has 0 bridgehead atoms. The summed E-state index contributed by atoms with van der Waals surface area (Å²) in [6, 6.07) is 12.2. The van der Waals surface area contributed by atoms with E-state index in [1.54, 1.807) is 24.3 Å². The van der Waals surface area contributed by atoms with E-state index in [0.717, 1.165) is 5.56 Å². The van der Waals surface area contributed by atoms with Crippen molar-refractivity contribution in [3.05, 3.63) is 59.7 Å². The van der Waals surface area contributed by atoms with E-state index in [4.69, 9.17) is 4.74 Å². The standard InChI is InChI=1S/C20H22F2N2O5S/c21-20(22)29-17-5-1-15(2-6-17)13-19(25)23-14-16-3-7-18(8-4-16)30(26,27)24-9-11-28-12-10-24/h1-8,20H,9-14H2,(H,23,25). The molecule has 0 aromatic heterocycles. The quantitative estimate of drug-likeness (QED) is 0.680. The minimum Gasteiger partial charge on any atom is -0.435 e. The molecule has 0 radical (unpaired) electrons. The van der Waals surface area contributed by atoms with Gasteiger partial charge in [0.05, 0.1) is 24.5 Å². The Bertz CT molecular complexity index is 944. The topological polar surface area (TPSA) is 84.9 Å². The summed E-state index contributed by atoms with van der Waals surface area (Å²) in [4.78, 5) is 12.3. The van der Waals surface area contributed by atoms with Crippen LogP contribution >= 0.6 is 0 Å². The molecule has 2 aromatic rings. The van der Waals surface area contributed by atoms with Gasteiger partial charge in [0, 0.05) is 19.6 Å². The lowest BCUT2D eigenvalue weighted by atomic mass is 10.1. The Morgan fingerprint density at radius 2 is 1.63 bits per heavy atom. The molecule has 1 aliphatic heterocycles. The molecule has 1 fully saturated rings. The minimum atomic E-state index is -3.55. The van der Waals surface area contributed by atoms with E-state index in [1.807, 2.05) is 0 Å². The van der Waals surface area contributed by atoms with Crippen molar-refractivity contribution >= 4 is 15.9 Å². The van der Waals surface area contributed by atoms with Crippen molar-refractivity contribution in [3.8, 4) is 5.75 Å². The smallest absolute Gasteiger partial charge is 0.387 e. The summed E-state index contributed by atoms with van der Waals surface area (Å²) in [6.07, 6.45) is 0.0818. The third-order valence-corrected chi connectivity index (χ3v) is 6.45. The van der Waals surface area contributed by atoms with Crippen molar-refractivity contribution in [1.29, 1.82) is 0 Å². The number of rotatable bonds is 8. The van der Waals surface area contributed by atoms with Crippen LogP contribution in [0.4, 0.5) is 8.78 Å². The van der Waals surface area contributed by atoms with Gasteiger partial charge in [0.15, 0.2) is 0 Å². The molecule has 0 aliphatic carbocycles. The first-order chi connectivity index (χ1) is 14.3. The van der Waals surface area contributed by atoms with Crippen molar-refractivity contribution < 1.29 is 31.5 Å². The third kappa shape index (κ3) is 5.97. The predicted molar refractivity (Wildman–Crippen MR) is 105 cm³/mol. The van der Waals surface area contributed by atoms with E-state index in [2.05, 4.69) is 10.1 Å². The third-order valence-electron chi connectivity index (χ3n) is 4.53. The minimum absolute atomic E-state index is 0.0290. The van der Waals surface area contributed by atoms with E-state index < -0.39 is 16.6 Å². The normalized spacial score (nSPS) is 15.2. The Hall–Kier alpha value is -2.56. The Kier molecular flexibility index (Phi) is 7.35. The summed E-state index contributed by atoms with van der Waals surface area (Å²) in [5.41, 5.74) is 1.41. The Morgan fingerprint density at radius 1 is 1.03 bits per heavy atom. The van der Waals surface area contributed by atoms with Gasteiger partial charge in [0.1, 0.15) is 5.75 Å². The van der Waals surface area contributed by atoms with Crippen molar-refractivity contribution in [2.75, 3.05) is 26.3 Å². The number of nitrogens with one attached hydrogen (secondary N) is 1. The zero-order valence-corrected chi connectivity index (χ0v) is 16.9. The van der Waals surface area contributed by atoms with E-state index in [1.165, 1.54) is 28.6 Å². The molecule has 0 spiro atoms. The molecule has 3 rings (SSSR count). The second kappa shape index (κ2) is 9.96. The molecular formula is C20H22F2N2O5S. The molecule has 0 saturated carbocycles. The van der Waals surface area contributed by atoms with Crippen LogP contribution in [0.3, 0.4) is 0 Å². The van der Waals surface area contributed by atoms with Crippen LogP contribution < -0.4 is 10.1 Å². The van der Waals surface area contributed by atoms with Crippen LogP contribution in [0.1, 0.15) is 11.1 Å². The second-order valence-corrected chi connectivity index (χ2v) is 8.57. The molecule has 1 saturated heterocycles. The van der Waals surface area contributed by atoms with Gasteiger partial charge in [-0.15, -0.1) is 0 Å². The fourth-order valence-electron chi connectivity index (χ4n) is 2.95. The summed E-state index contributed by atoms with van der Waals surface area (Å²) in [5, 5.41) is 2.75. The lowest BCUT2D eigenvalue weighted by Gasteiger charge is -2.26. The van der Waals surface area contributed by atoms with E-state index in [0.29, 0.717) is 31.9 Å². The van der Waals surface area contributed by atoms with Crippen molar-refractivity contribution in [1.82, 2.24) is 9.62 Å². The van der Waals surface area contributed by atoms with Gasteiger partial charge >= 0.3 is 6.61 Å². The summed E-state index contributed by atoms with van der Waals surface area (Å²) in [7, 11) is -3.55. The van der Waals surface area contributed by atoms with Gasteiger partial charge in [-0.05, 0) is 35.4 Å². The molecule has 7 nitrogen and oxygen atoms in total. The highest BCUT2D eigenvalue weighted by Crippen LogP contribution is 2.18. The molecule has 1 N–H and O–H groups in total. The van der Waals surface area contributed by atoms with Gasteiger partial charge in [0.2, 0.25) is 15.9 Å². The van der Waals surface area contributed by atoms with E-state index in [-0.39, 0.29) is 29.5 Å². The highest BCUT2D eigenvalue weighted by Gasteiger charge is 2.26. The maximum atomic E-state index is 12.6. The maximum Gasteiger partial charge on any atom is 0.387 e.